The average molecular weight is 687 g/mol. The Morgan fingerprint density at radius 2 is 0.926 bits per heavy atom. The van der Waals surface area contributed by atoms with Gasteiger partial charge in [-0.25, -0.2) is 4.98 Å². The number of fused-ring (bicyclic) bond motifs is 9. The quantitative estimate of drug-likeness (QED) is 0.185. The van der Waals surface area contributed by atoms with E-state index in [1.54, 1.807) is 0 Å². The zero-order chi connectivity index (χ0) is 35.3. The maximum atomic E-state index is 5.25. The van der Waals surface area contributed by atoms with Gasteiger partial charge in [0.1, 0.15) is 0 Å². The molecule has 1 aliphatic carbocycles. The molecular formula is C50H30N4. The fraction of sp³-hybridized carbons (Fsp3) is 0. The molecule has 7 aromatic carbocycles. The molecule has 11 aromatic rings. The highest BCUT2D eigenvalue weighted by molar-refractivity contribution is 6.15. The lowest BCUT2D eigenvalue weighted by molar-refractivity contribution is 1.18. The standard InChI is InChI=1S/C50H30N4/c1-3-11-34(12-4-1)53-45-19-8-7-15-36(45)39-27-31(20-23-46(39)53)32-21-24-47-40(28-32)41-29-33(22-25-48(41)54(47)35-13-5-2-6-14-35)44-30-42-49-37(16-9-18-43(49)52-44)38-17-10-26-51-50(38)42/h1-30H. The molecule has 0 bridgehead atoms. The number of hydrogen-bond donors (Lipinski definition) is 0. The Kier molecular flexibility index (Phi) is 6.02. The first-order chi connectivity index (χ1) is 26.8. The molecule has 0 radical (unpaired) electrons. The summed E-state index contributed by atoms with van der Waals surface area (Å²) in [4.78, 5) is 10.1. The molecule has 0 N–H and O–H groups in total. The third-order valence-corrected chi connectivity index (χ3v) is 11.3. The third-order valence-electron chi connectivity index (χ3n) is 11.3. The van der Waals surface area contributed by atoms with Crippen molar-refractivity contribution in [2.45, 2.75) is 0 Å². The Bertz CT molecular complexity index is 3320. The molecule has 4 aromatic heterocycles. The molecule has 0 unspecified atom stereocenters. The van der Waals surface area contributed by atoms with E-state index in [1.165, 1.54) is 65.7 Å². The lowest BCUT2D eigenvalue weighted by Gasteiger charge is -2.09. The van der Waals surface area contributed by atoms with Crippen LogP contribution in [0, 0.1) is 0 Å². The topological polar surface area (TPSA) is 35.6 Å². The summed E-state index contributed by atoms with van der Waals surface area (Å²) in [6.07, 6.45) is 1.89. The van der Waals surface area contributed by atoms with Crippen molar-refractivity contribution in [1.29, 1.82) is 0 Å². The molecule has 0 amide bonds. The molecule has 250 valence electrons. The highest BCUT2D eigenvalue weighted by Crippen LogP contribution is 2.47. The molecule has 0 spiro atoms. The predicted molar refractivity (Wildman–Crippen MR) is 224 cm³/mol. The van der Waals surface area contributed by atoms with Gasteiger partial charge in [0, 0.05) is 61.2 Å². The van der Waals surface area contributed by atoms with Crippen LogP contribution >= 0.6 is 0 Å². The average Bonchev–Trinajstić information content (AvgIpc) is 3.87. The van der Waals surface area contributed by atoms with Crippen LogP contribution in [-0.4, -0.2) is 19.1 Å². The molecule has 0 saturated heterocycles. The number of hydrogen-bond acceptors (Lipinski definition) is 2. The summed E-state index contributed by atoms with van der Waals surface area (Å²) in [6, 6.07) is 63.5. The highest BCUT2D eigenvalue weighted by atomic mass is 15.0. The smallest absolute Gasteiger partial charge is 0.0788 e. The minimum Gasteiger partial charge on any atom is -0.309 e. The Labute approximate surface area is 310 Å². The molecule has 0 aliphatic heterocycles. The molecule has 12 rings (SSSR count). The second kappa shape index (κ2) is 11.1. The molecule has 0 atom stereocenters. The number of benzene rings is 7. The SMILES string of the molecule is c1ccc(-n2c3ccccc3c3cc(-c4ccc5c(c4)c4cc(-c6cc7c8c(cccc8n6)-c6cccnc6-7)ccc4n5-c4ccccc4)ccc32)cc1. The van der Waals surface area contributed by atoms with Crippen LogP contribution in [-0.2, 0) is 0 Å². The van der Waals surface area contributed by atoms with E-state index in [9.17, 15) is 0 Å². The number of rotatable bonds is 4. The highest BCUT2D eigenvalue weighted by Gasteiger charge is 2.24. The minimum atomic E-state index is 0.951. The molecule has 54 heavy (non-hydrogen) atoms. The van der Waals surface area contributed by atoms with E-state index in [-0.39, 0.29) is 0 Å². The van der Waals surface area contributed by atoms with Crippen LogP contribution in [0.2, 0.25) is 0 Å². The van der Waals surface area contributed by atoms with Gasteiger partial charge in [-0.15, -0.1) is 0 Å². The van der Waals surface area contributed by atoms with E-state index >= 15 is 0 Å². The van der Waals surface area contributed by atoms with E-state index in [1.807, 2.05) is 12.3 Å². The lowest BCUT2D eigenvalue weighted by atomic mass is 9.99. The monoisotopic (exact) mass is 686 g/mol. The van der Waals surface area contributed by atoms with E-state index in [0.29, 0.717) is 0 Å². The number of aromatic nitrogens is 4. The van der Waals surface area contributed by atoms with Gasteiger partial charge in [-0.05, 0) is 102 Å². The second-order valence-corrected chi connectivity index (χ2v) is 14.2. The maximum absolute atomic E-state index is 5.25. The molecular weight excluding hydrogens is 657 g/mol. The first kappa shape index (κ1) is 29.3. The van der Waals surface area contributed by atoms with E-state index in [0.717, 1.165) is 44.9 Å². The summed E-state index contributed by atoms with van der Waals surface area (Å²) in [5, 5.41) is 6.09. The summed E-state index contributed by atoms with van der Waals surface area (Å²) in [5.41, 5.74) is 17.0. The Morgan fingerprint density at radius 1 is 0.370 bits per heavy atom. The molecule has 4 heterocycles. The molecule has 4 heteroatoms. The van der Waals surface area contributed by atoms with Crippen LogP contribution in [0.4, 0.5) is 0 Å². The second-order valence-electron chi connectivity index (χ2n) is 14.2. The van der Waals surface area contributed by atoms with Gasteiger partial charge < -0.3 is 9.13 Å². The Morgan fingerprint density at radius 3 is 1.61 bits per heavy atom. The van der Waals surface area contributed by atoms with Gasteiger partial charge in [-0.2, -0.15) is 0 Å². The minimum absolute atomic E-state index is 0.951. The zero-order valence-corrected chi connectivity index (χ0v) is 29.1. The van der Waals surface area contributed by atoms with Gasteiger partial charge in [0.05, 0.1) is 39.0 Å². The Hall–Kier alpha value is -7.30. The van der Waals surface area contributed by atoms with Gasteiger partial charge in [-0.1, -0.05) is 91.0 Å². The summed E-state index contributed by atoms with van der Waals surface area (Å²) < 4.78 is 4.75. The van der Waals surface area contributed by atoms with Gasteiger partial charge in [0.25, 0.3) is 0 Å². The molecule has 0 fully saturated rings. The summed E-state index contributed by atoms with van der Waals surface area (Å²) in [6.45, 7) is 0. The van der Waals surface area contributed by atoms with E-state index in [2.05, 4.69) is 179 Å². The van der Waals surface area contributed by atoms with Crippen LogP contribution < -0.4 is 0 Å². The van der Waals surface area contributed by atoms with Gasteiger partial charge >= 0.3 is 0 Å². The van der Waals surface area contributed by atoms with Crippen molar-refractivity contribution in [3.05, 3.63) is 182 Å². The van der Waals surface area contributed by atoms with Crippen molar-refractivity contribution < 1.29 is 0 Å². The molecule has 4 nitrogen and oxygen atoms in total. The van der Waals surface area contributed by atoms with Crippen LogP contribution in [0.15, 0.2) is 182 Å². The fourth-order valence-corrected chi connectivity index (χ4v) is 8.91. The van der Waals surface area contributed by atoms with Gasteiger partial charge in [0.2, 0.25) is 0 Å². The zero-order valence-electron chi connectivity index (χ0n) is 29.1. The van der Waals surface area contributed by atoms with Crippen molar-refractivity contribution in [3.8, 4) is 56.1 Å². The van der Waals surface area contributed by atoms with Crippen molar-refractivity contribution in [1.82, 2.24) is 19.1 Å². The normalized spacial score (nSPS) is 12.1. The summed E-state index contributed by atoms with van der Waals surface area (Å²) in [7, 11) is 0. The van der Waals surface area contributed by atoms with Crippen LogP contribution in [0.5, 0.6) is 0 Å². The lowest BCUT2D eigenvalue weighted by Crippen LogP contribution is -1.93. The molecule has 0 saturated carbocycles. The van der Waals surface area contributed by atoms with Crippen LogP contribution in [0.25, 0.3) is 111 Å². The van der Waals surface area contributed by atoms with Crippen LogP contribution in [0.3, 0.4) is 0 Å². The third kappa shape index (κ3) is 4.13. The maximum Gasteiger partial charge on any atom is 0.0788 e. The number of pyridine rings is 2. The first-order valence-electron chi connectivity index (χ1n) is 18.4. The van der Waals surface area contributed by atoms with Crippen molar-refractivity contribution in [2.24, 2.45) is 0 Å². The predicted octanol–water partition coefficient (Wildman–Crippen LogP) is 12.8. The number of para-hydroxylation sites is 3. The van der Waals surface area contributed by atoms with Gasteiger partial charge in [0.15, 0.2) is 0 Å². The molecule has 1 aliphatic rings. The van der Waals surface area contributed by atoms with E-state index in [4.69, 9.17) is 9.97 Å². The summed E-state index contributed by atoms with van der Waals surface area (Å²) >= 11 is 0. The fourth-order valence-electron chi connectivity index (χ4n) is 8.91. The van der Waals surface area contributed by atoms with Crippen LogP contribution in [0.1, 0.15) is 0 Å². The first-order valence-corrected chi connectivity index (χ1v) is 18.4. The summed E-state index contributed by atoms with van der Waals surface area (Å²) in [5.74, 6) is 0. The van der Waals surface area contributed by atoms with Crippen molar-refractivity contribution in [3.63, 3.8) is 0 Å². The van der Waals surface area contributed by atoms with Crippen molar-refractivity contribution in [2.75, 3.05) is 0 Å². The van der Waals surface area contributed by atoms with Gasteiger partial charge in [-0.3, -0.25) is 4.98 Å². The largest absolute Gasteiger partial charge is 0.309 e. The number of nitrogens with zero attached hydrogens (tertiary/aromatic N) is 4. The Balaban J connectivity index is 1.07. The van der Waals surface area contributed by atoms with E-state index < -0.39 is 0 Å². The van der Waals surface area contributed by atoms with Crippen molar-refractivity contribution >= 4 is 54.5 Å².